The molecular formula is C29H23N3O6S2. The highest BCUT2D eigenvalue weighted by molar-refractivity contribution is 7.90. The van der Waals surface area contributed by atoms with E-state index < -0.39 is 15.7 Å². The lowest BCUT2D eigenvalue weighted by atomic mass is 10.2. The van der Waals surface area contributed by atoms with Gasteiger partial charge in [-0.25, -0.2) is 18.4 Å². The highest BCUT2D eigenvalue weighted by Gasteiger charge is 2.15. The summed E-state index contributed by atoms with van der Waals surface area (Å²) in [5, 5.41) is 3.65. The van der Waals surface area contributed by atoms with Crippen LogP contribution in [0.1, 0.15) is 15.9 Å². The molecule has 0 saturated heterocycles. The van der Waals surface area contributed by atoms with Gasteiger partial charge in [-0.15, -0.1) is 0 Å². The average Bonchev–Trinajstić information content (AvgIpc) is 3.35. The van der Waals surface area contributed by atoms with Crippen molar-refractivity contribution in [3.8, 4) is 33.9 Å². The number of aryl methyl sites for hydroxylation is 1. The lowest BCUT2D eigenvalue weighted by Crippen LogP contribution is -2.12. The number of anilines is 1. The van der Waals surface area contributed by atoms with Crippen LogP contribution < -0.4 is 19.5 Å². The number of aromatic nitrogens is 2. The van der Waals surface area contributed by atoms with E-state index in [0.29, 0.717) is 39.1 Å². The van der Waals surface area contributed by atoms with Crippen LogP contribution in [0, 0.1) is 6.92 Å². The molecule has 202 valence electrons. The lowest BCUT2D eigenvalue weighted by Gasteiger charge is -2.12. The molecule has 0 aliphatic carbocycles. The number of nitrogens with zero attached hydrogens (tertiary/aromatic N) is 2. The van der Waals surface area contributed by atoms with Crippen LogP contribution in [0.5, 0.6) is 33.9 Å². The van der Waals surface area contributed by atoms with Crippen LogP contribution in [0.25, 0.3) is 0 Å². The van der Waals surface area contributed by atoms with Crippen molar-refractivity contribution in [3.05, 3.63) is 108 Å². The average molecular weight is 574 g/mol. The fourth-order valence-electron chi connectivity index (χ4n) is 3.57. The summed E-state index contributed by atoms with van der Waals surface area (Å²) in [5.74, 6) is 1.56. The Morgan fingerprint density at radius 2 is 1.57 bits per heavy atom. The zero-order valence-electron chi connectivity index (χ0n) is 21.4. The molecule has 40 heavy (non-hydrogen) atoms. The molecule has 2 heterocycles. The first-order valence-corrected chi connectivity index (χ1v) is 14.7. The highest BCUT2D eigenvalue weighted by Crippen LogP contribution is 2.33. The highest BCUT2D eigenvalue weighted by atomic mass is 32.2. The van der Waals surface area contributed by atoms with Gasteiger partial charge in [0.15, 0.2) is 15.0 Å². The van der Waals surface area contributed by atoms with E-state index in [4.69, 9.17) is 14.2 Å². The van der Waals surface area contributed by atoms with Gasteiger partial charge in [0.1, 0.15) is 23.0 Å². The maximum Gasteiger partial charge on any atom is 0.257 e. The Balaban J connectivity index is 1.37. The molecule has 0 fully saturated rings. The van der Waals surface area contributed by atoms with E-state index in [0.717, 1.165) is 11.8 Å². The topological polar surface area (TPSA) is 117 Å². The quantitative estimate of drug-likeness (QED) is 0.203. The Morgan fingerprint density at radius 3 is 2.27 bits per heavy atom. The van der Waals surface area contributed by atoms with Crippen molar-refractivity contribution < 1.29 is 27.4 Å². The smallest absolute Gasteiger partial charge is 0.257 e. The summed E-state index contributed by atoms with van der Waals surface area (Å²) in [6.07, 6.45) is 4.26. The fraction of sp³-hybridized carbons (Fsp3) is 0.0690. The molecule has 5 aromatic rings. The van der Waals surface area contributed by atoms with Gasteiger partial charge in [-0.1, -0.05) is 29.5 Å². The predicted molar refractivity (Wildman–Crippen MR) is 152 cm³/mol. The summed E-state index contributed by atoms with van der Waals surface area (Å²) in [6, 6.07) is 23.5. The summed E-state index contributed by atoms with van der Waals surface area (Å²) in [4.78, 5) is 21.8. The number of thiazole rings is 1. The van der Waals surface area contributed by atoms with Gasteiger partial charge >= 0.3 is 0 Å². The molecule has 1 amide bonds. The Bertz CT molecular complexity index is 1750. The molecule has 0 bridgehead atoms. The van der Waals surface area contributed by atoms with Gasteiger partial charge in [-0.05, 0) is 67.1 Å². The van der Waals surface area contributed by atoms with Crippen molar-refractivity contribution in [2.45, 2.75) is 11.8 Å². The molecule has 0 unspecified atom stereocenters. The van der Waals surface area contributed by atoms with Crippen molar-refractivity contribution in [3.63, 3.8) is 0 Å². The van der Waals surface area contributed by atoms with Crippen LogP contribution in [0.15, 0.2) is 102 Å². The third kappa shape index (κ3) is 7.01. The number of carbonyl (C=O) groups excluding carboxylic acids is 1. The van der Waals surface area contributed by atoms with Crippen molar-refractivity contribution >= 4 is 32.2 Å². The van der Waals surface area contributed by atoms with Gasteiger partial charge in [0.2, 0.25) is 10.9 Å². The number of sulfone groups is 1. The number of pyridine rings is 1. The molecule has 3 aromatic carbocycles. The number of amides is 1. The number of rotatable bonds is 9. The van der Waals surface area contributed by atoms with E-state index in [1.54, 1.807) is 42.6 Å². The number of carbonyl (C=O) groups is 1. The van der Waals surface area contributed by atoms with E-state index in [2.05, 4.69) is 15.3 Å². The van der Waals surface area contributed by atoms with Crippen LogP contribution in [0.4, 0.5) is 5.13 Å². The molecule has 0 radical (unpaired) electrons. The van der Waals surface area contributed by atoms with Gasteiger partial charge in [0.25, 0.3) is 5.91 Å². The van der Waals surface area contributed by atoms with Crippen LogP contribution in [0.2, 0.25) is 0 Å². The summed E-state index contributed by atoms with van der Waals surface area (Å²) in [5.41, 5.74) is 1.31. The third-order valence-electron chi connectivity index (χ3n) is 5.40. The molecule has 2 aromatic heterocycles. The standard InChI is InChI=1S/C29H23N3O6S2/c1-19-6-5-7-22(14-19)38-27-18-31-29(39-27)32-28(33)20-15-23(17-24(16-20)37-26-8-3-4-13-30-26)36-21-9-11-25(12-10-21)40(2,34)35/h3-18H,1-2H3,(H,31,32,33). The zero-order valence-corrected chi connectivity index (χ0v) is 23.0. The molecule has 9 nitrogen and oxygen atoms in total. The largest absolute Gasteiger partial charge is 0.457 e. The lowest BCUT2D eigenvalue weighted by molar-refractivity contribution is 0.102. The molecule has 0 saturated carbocycles. The number of ether oxygens (including phenoxy) is 3. The van der Waals surface area contributed by atoms with Gasteiger partial charge < -0.3 is 14.2 Å². The van der Waals surface area contributed by atoms with Crippen molar-refractivity contribution in [1.29, 1.82) is 0 Å². The van der Waals surface area contributed by atoms with Crippen molar-refractivity contribution in [1.82, 2.24) is 9.97 Å². The molecule has 5 rings (SSSR count). The Kier molecular flexibility index (Phi) is 7.76. The van der Waals surface area contributed by atoms with Gasteiger partial charge in [0.05, 0.1) is 11.1 Å². The number of benzene rings is 3. The molecule has 0 atom stereocenters. The maximum atomic E-state index is 13.2. The van der Waals surface area contributed by atoms with Gasteiger partial charge in [0, 0.05) is 30.1 Å². The molecule has 1 N–H and O–H groups in total. The Hall–Kier alpha value is -4.74. The summed E-state index contributed by atoms with van der Waals surface area (Å²) >= 11 is 1.19. The normalized spacial score (nSPS) is 11.1. The van der Waals surface area contributed by atoms with Crippen LogP contribution >= 0.6 is 11.3 Å². The first-order valence-electron chi connectivity index (χ1n) is 11.9. The predicted octanol–water partition coefficient (Wildman–Crippen LogP) is 6.88. The first kappa shape index (κ1) is 26.9. The van der Waals surface area contributed by atoms with Crippen LogP contribution in [-0.4, -0.2) is 30.5 Å². The fourth-order valence-corrected chi connectivity index (χ4v) is 4.88. The minimum Gasteiger partial charge on any atom is -0.457 e. The Morgan fingerprint density at radius 1 is 0.800 bits per heavy atom. The minimum absolute atomic E-state index is 0.168. The number of hydrogen-bond donors (Lipinski definition) is 1. The SMILES string of the molecule is Cc1cccc(Oc2cnc(NC(=O)c3cc(Oc4ccc(S(C)(=O)=O)cc4)cc(Oc4ccccn4)c3)s2)c1. The summed E-state index contributed by atoms with van der Waals surface area (Å²) < 4.78 is 41.2. The van der Waals surface area contributed by atoms with E-state index in [1.165, 1.54) is 41.8 Å². The second-order valence-corrected chi connectivity index (χ2v) is 11.7. The summed E-state index contributed by atoms with van der Waals surface area (Å²) in [7, 11) is -3.35. The van der Waals surface area contributed by atoms with Gasteiger partial charge in [-0.3, -0.25) is 10.1 Å². The van der Waals surface area contributed by atoms with Crippen LogP contribution in [-0.2, 0) is 9.84 Å². The minimum atomic E-state index is -3.35. The second kappa shape index (κ2) is 11.6. The van der Waals surface area contributed by atoms with E-state index in [1.807, 2.05) is 31.2 Å². The van der Waals surface area contributed by atoms with E-state index in [9.17, 15) is 13.2 Å². The van der Waals surface area contributed by atoms with Gasteiger partial charge in [-0.2, -0.15) is 0 Å². The first-order chi connectivity index (χ1) is 19.2. The molecular weight excluding hydrogens is 550 g/mol. The van der Waals surface area contributed by atoms with E-state index >= 15 is 0 Å². The second-order valence-electron chi connectivity index (χ2n) is 8.67. The molecule has 0 aliphatic rings. The zero-order chi connectivity index (χ0) is 28.1. The molecule has 0 aliphatic heterocycles. The Labute approximate surface area is 235 Å². The van der Waals surface area contributed by atoms with Crippen molar-refractivity contribution in [2.24, 2.45) is 0 Å². The van der Waals surface area contributed by atoms with E-state index in [-0.39, 0.29) is 10.5 Å². The maximum absolute atomic E-state index is 13.2. The third-order valence-corrected chi connectivity index (χ3v) is 7.32. The monoisotopic (exact) mass is 573 g/mol. The summed E-state index contributed by atoms with van der Waals surface area (Å²) in [6.45, 7) is 1.97. The molecule has 11 heteroatoms. The number of nitrogens with one attached hydrogen (secondary N) is 1. The number of hydrogen-bond acceptors (Lipinski definition) is 9. The molecule has 0 spiro atoms. The van der Waals surface area contributed by atoms with Crippen LogP contribution in [0.3, 0.4) is 0 Å². The van der Waals surface area contributed by atoms with Crippen molar-refractivity contribution in [2.75, 3.05) is 11.6 Å².